The van der Waals surface area contributed by atoms with E-state index in [0.29, 0.717) is 5.41 Å². The number of allylic oxidation sites excluding steroid dienone is 4. The van der Waals surface area contributed by atoms with Crippen molar-refractivity contribution in [2.75, 3.05) is 0 Å². The van der Waals surface area contributed by atoms with Gasteiger partial charge in [0.1, 0.15) is 0 Å². The maximum atomic E-state index is 2.26. The van der Waals surface area contributed by atoms with E-state index in [9.17, 15) is 0 Å². The fourth-order valence-corrected chi connectivity index (χ4v) is 0.978. The van der Waals surface area contributed by atoms with Crippen molar-refractivity contribution in [3.63, 3.8) is 0 Å². The van der Waals surface area contributed by atoms with Crippen molar-refractivity contribution >= 4 is 0 Å². The standard InChI is InChI=1S/C9H14/c1-7-5-6-8(2)9(7,3)4/h5-6H,1-4H3. The Morgan fingerprint density at radius 1 is 1.00 bits per heavy atom. The molecule has 0 fully saturated rings. The predicted molar refractivity (Wildman–Crippen MR) is 41.3 cm³/mol. The summed E-state index contributed by atoms with van der Waals surface area (Å²) in [6.07, 6.45) is 4.41. The SMILES string of the molecule is CC1=CC=C(C)C1(C)C. The minimum absolute atomic E-state index is 0.333. The van der Waals surface area contributed by atoms with Gasteiger partial charge in [0.25, 0.3) is 0 Å². The lowest BCUT2D eigenvalue weighted by molar-refractivity contribution is 0.550. The number of rotatable bonds is 0. The molecule has 0 spiro atoms. The highest BCUT2D eigenvalue weighted by Gasteiger charge is 2.24. The molecule has 0 amide bonds. The molecule has 0 saturated heterocycles. The molecule has 0 radical (unpaired) electrons. The van der Waals surface area contributed by atoms with Gasteiger partial charge in [-0.2, -0.15) is 0 Å². The molecule has 0 heteroatoms. The van der Waals surface area contributed by atoms with E-state index in [4.69, 9.17) is 0 Å². The summed E-state index contributed by atoms with van der Waals surface area (Å²) in [4.78, 5) is 0. The molecule has 0 aromatic rings. The van der Waals surface area contributed by atoms with Crippen LogP contribution in [0.2, 0.25) is 0 Å². The van der Waals surface area contributed by atoms with Gasteiger partial charge in [0, 0.05) is 5.41 Å². The normalized spacial score (nSPS) is 23.6. The van der Waals surface area contributed by atoms with Crippen LogP contribution >= 0.6 is 0 Å². The largest absolute Gasteiger partial charge is 0.0636 e. The third kappa shape index (κ3) is 0.827. The van der Waals surface area contributed by atoms with Gasteiger partial charge in [-0.05, 0) is 13.8 Å². The molecule has 0 N–H and O–H groups in total. The summed E-state index contributed by atoms with van der Waals surface area (Å²) >= 11 is 0. The van der Waals surface area contributed by atoms with E-state index in [-0.39, 0.29) is 0 Å². The van der Waals surface area contributed by atoms with E-state index in [2.05, 4.69) is 39.8 Å². The Kier molecular flexibility index (Phi) is 1.27. The molecule has 1 aliphatic carbocycles. The highest BCUT2D eigenvalue weighted by atomic mass is 14.3. The van der Waals surface area contributed by atoms with Gasteiger partial charge < -0.3 is 0 Å². The number of hydrogen-bond acceptors (Lipinski definition) is 0. The highest BCUT2D eigenvalue weighted by Crippen LogP contribution is 2.38. The minimum Gasteiger partial charge on any atom is -0.0636 e. The van der Waals surface area contributed by atoms with Crippen LogP contribution in [0.1, 0.15) is 27.7 Å². The zero-order valence-electron chi connectivity index (χ0n) is 6.65. The summed E-state index contributed by atoms with van der Waals surface area (Å²) in [7, 11) is 0. The van der Waals surface area contributed by atoms with Crippen LogP contribution in [0.25, 0.3) is 0 Å². The summed E-state index contributed by atoms with van der Waals surface area (Å²) in [5, 5.41) is 0. The minimum atomic E-state index is 0.333. The number of hydrogen-bond donors (Lipinski definition) is 0. The first-order valence-electron chi connectivity index (χ1n) is 3.41. The van der Waals surface area contributed by atoms with Crippen LogP contribution in [0.4, 0.5) is 0 Å². The van der Waals surface area contributed by atoms with Gasteiger partial charge >= 0.3 is 0 Å². The summed E-state index contributed by atoms with van der Waals surface area (Å²) in [6.45, 7) is 8.90. The van der Waals surface area contributed by atoms with Crippen LogP contribution in [-0.2, 0) is 0 Å². The molecular weight excluding hydrogens is 108 g/mol. The van der Waals surface area contributed by atoms with Crippen LogP contribution in [0.15, 0.2) is 23.3 Å². The third-order valence-electron chi connectivity index (χ3n) is 2.56. The van der Waals surface area contributed by atoms with E-state index in [0.717, 1.165) is 0 Å². The highest BCUT2D eigenvalue weighted by molar-refractivity contribution is 5.36. The third-order valence-corrected chi connectivity index (χ3v) is 2.56. The monoisotopic (exact) mass is 122 g/mol. The maximum absolute atomic E-state index is 2.26. The molecule has 0 bridgehead atoms. The van der Waals surface area contributed by atoms with E-state index in [1.54, 1.807) is 0 Å². The van der Waals surface area contributed by atoms with Crippen molar-refractivity contribution < 1.29 is 0 Å². The van der Waals surface area contributed by atoms with Crippen molar-refractivity contribution in [2.24, 2.45) is 5.41 Å². The summed E-state index contributed by atoms with van der Waals surface area (Å²) in [5.74, 6) is 0. The lowest BCUT2D eigenvalue weighted by Gasteiger charge is -2.22. The van der Waals surface area contributed by atoms with Crippen molar-refractivity contribution in [1.29, 1.82) is 0 Å². The summed E-state index contributed by atoms with van der Waals surface area (Å²) < 4.78 is 0. The van der Waals surface area contributed by atoms with E-state index in [1.165, 1.54) is 11.1 Å². The van der Waals surface area contributed by atoms with Crippen LogP contribution in [0.3, 0.4) is 0 Å². The van der Waals surface area contributed by atoms with Gasteiger partial charge in [-0.3, -0.25) is 0 Å². The van der Waals surface area contributed by atoms with Gasteiger partial charge in [0.15, 0.2) is 0 Å². The fraction of sp³-hybridized carbons (Fsp3) is 0.556. The first kappa shape index (κ1) is 6.60. The average molecular weight is 122 g/mol. The van der Waals surface area contributed by atoms with E-state index >= 15 is 0 Å². The average Bonchev–Trinajstić information content (AvgIpc) is 1.96. The molecule has 0 atom stereocenters. The second-order valence-electron chi connectivity index (χ2n) is 3.32. The second kappa shape index (κ2) is 1.73. The molecule has 0 saturated carbocycles. The zero-order chi connectivity index (χ0) is 7.07. The van der Waals surface area contributed by atoms with E-state index < -0.39 is 0 Å². The molecule has 0 aromatic carbocycles. The first-order chi connectivity index (χ1) is 4.05. The molecule has 9 heavy (non-hydrogen) atoms. The Labute approximate surface area is 57.3 Å². The van der Waals surface area contributed by atoms with Gasteiger partial charge in [-0.25, -0.2) is 0 Å². The molecule has 0 nitrogen and oxygen atoms in total. The zero-order valence-corrected chi connectivity index (χ0v) is 6.65. The Morgan fingerprint density at radius 3 is 1.44 bits per heavy atom. The molecule has 0 aromatic heterocycles. The molecule has 0 heterocycles. The molecule has 0 unspecified atom stereocenters. The Morgan fingerprint density at radius 2 is 1.33 bits per heavy atom. The summed E-state index contributed by atoms with van der Waals surface area (Å²) in [6, 6.07) is 0. The Hall–Kier alpha value is -0.520. The lowest BCUT2D eigenvalue weighted by Crippen LogP contribution is -2.10. The quantitative estimate of drug-likeness (QED) is 0.463. The molecule has 0 aliphatic heterocycles. The van der Waals surface area contributed by atoms with Crippen molar-refractivity contribution in [1.82, 2.24) is 0 Å². The summed E-state index contributed by atoms with van der Waals surface area (Å²) in [5.41, 5.74) is 3.28. The smallest absolute Gasteiger partial charge is 0.00647 e. The second-order valence-corrected chi connectivity index (χ2v) is 3.32. The Balaban J connectivity index is 2.96. The van der Waals surface area contributed by atoms with Gasteiger partial charge in [-0.1, -0.05) is 37.1 Å². The van der Waals surface area contributed by atoms with Crippen molar-refractivity contribution in [2.45, 2.75) is 27.7 Å². The van der Waals surface area contributed by atoms with Crippen LogP contribution < -0.4 is 0 Å². The van der Waals surface area contributed by atoms with Crippen molar-refractivity contribution in [3.05, 3.63) is 23.3 Å². The molecular formula is C9H14. The van der Waals surface area contributed by atoms with Gasteiger partial charge in [-0.15, -0.1) is 0 Å². The van der Waals surface area contributed by atoms with E-state index in [1.807, 2.05) is 0 Å². The first-order valence-corrected chi connectivity index (χ1v) is 3.41. The van der Waals surface area contributed by atoms with Crippen molar-refractivity contribution in [3.8, 4) is 0 Å². The molecule has 1 aliphatic rings. The maximum Gasteiger partial charge on any atom is 0.00647 e. The van der Waals surface area contributed by atoms with Gasteiger partial charge in [0.05, 0.1) is 0 Å². The lowest BCUT2D eigenvalue weighted by atomic mass is 9.83. The van der Waals surface area contributed by atoms with Crippen LogP contribution in [0, 0.1) is 5.41 Å². The predicted octanol–water partition coefficient (Wildman–Crippen LogP) is 2.92. The van der Waals surface area contributed by atoms with Gasteiger partial charge in [0.2, 0.25) is 0 Å². The van der Waals surface area contributed by atoms with Crippen LogP contribution in [-0.4, -0.2) is 0 Å². The molecule has 50 valence electrons. The Bertz CT molecular complexity index is 160. The topological polar surface area (TPSA) is 0 Å². The fourth-order valence-electron chi connectivity index (χ4n) is 0.978. The molecule has 1 rings (SSSR count). The van der Waals surface area contributed by atoms with Crippen LogP contribution in [0.5, 0.6) is 0 Å².